The number of para-hydroxylation sites is 1. The zero-order chi connectivity index (χ0) is 19.3. The van der Waals surface area contributed by atoms with Crippen molar-refractivity contribution in [2.24, 2.45) is 0 Å². The third kappa shape index (κ3) is 4.30. The van der Waals surface area contributed by atoms with Crippen LogP contribution in [0, 0.1) is 0 Å². The van der Waals surface area contributed by atoms with Gasteiger partial charge >= 0.3 is 0 Å². The van der Waals surface area contributed by atoms with Crippen molar-refractivity contribution in [1.29, 1.82) is 0 Å². The summed E-state index contributed by atoms with van der Waals surface area (Å²) >= 11 is 0. The molecule has 2 heterocycles. The molecule has 0 bridgehead atoms. The van der Waals surface area contributed by atoms with E-state index in [1.807, 2.05) is 12.1 Å². The number of nitrogens with zero attached hydrogens (tertiary/aromatic N) is 2. The van der Waals surface area contributed by atoms with E-state index in [1.54, 1.807) is 0 Å². The van der Waals surface area contributed by atoms with Gasteiger partial charge in [-0.25, -0.2) is 0 Å². The van der Waals surface area contributed by atoms with Gasteiger partial charge in [0.25, 0.3) is 5.91 Å². The zero-order valence-electron chi connectivity index (χ0n) is 16.7. The van der Waals surface area contributed by atoms with E-state index in [1.165, 1.54) is 5.69 Å². The maximum Gasteiger partial charge on any atom is 0.251 e. The van der Waals surface area contributed by atoms with Crippen LogP contribution in [0.25, 0.3) is 0 Å². The average molecular weight is 379 g/mol. The van der Waals surface area contributed by atoms with Gasteiger partial charge in [-0.15, -0.1) is 0 Å². The van der Waals surface area contributed by atoms with E-state index in [9.17, 15) is 4.79 Å². The molecule has 4 rings (SSSR count). The summed E-state index contributed by atoms with van der Waals surface area (Å²) in [6.45, 7) is 8.10. The Morgan fingerprint density at radius 1 is 1.07 bits per heavy atom. The van der Waals surface area contributed by atoms with Crippen molar-refractivity contribution >= 4 is 17.3 Å². The number of carbonyl (C=O) groups excluding carboxylic acids is 1. The second-order valence-corrected chi connectivity index (χ2v) is 7.86. The fourth-order valence-electron chi connectivity index (χ4n) is 4.28. The molecule has 5 heteroatoms. The molecule has 148 valence electrons. The highest BCUT2D eigenvalue weighted by Crippen LogP contribution is 2.25. The van der Waals surface area contributed by atoms with Gasteiger partial charge in [0.1, 0.15) is 0 Å². The van der Waals surface area contributed by atoms with Crippen LogP contribution in [0.5, 0.6) is 0 Å². The highest BCUT2D eigenvalue weighted by molar-refractivity contribution is 5.97. The molecule has 1 saturated heterocycles. The molecule has 1 unspecified atom stereocenters. The summed E-state index contributed by atoms with van der Waals surface area (Å²) < 4.78 is 0. The summed E-state index contributed by atoms with van der Waals surface area (Å²) in [5.74, 6) is 0.0518. The first-order valence-electron chi connectivity index (χ1n) is 10.4. The lowest BCUT2D eigenvalue weighted by atomic mass is 9.97. The lowest BCUT2D eigenvalue weighted by molar-refractivity contribution is 0.0927. The number of carbonyl (C=O) groups is 1. The minimum absolute atomic E-state index is 0.0518. The van der Waals surface area contributed by atoms with E-state index >= 15 is 0 Å². The Labute approximate surface area is 167 Å². The monoisotopic (exact) mass is 378 g/mol. The van der Waals surface area contributed by atoms with Gasteiger partial charge in [-0.2, -0.15) is 0 Å². The van der Waals surface area contributed by atoms with E-state index in [0.29, 0.717) is 0 Å². The Morgan fingerprint density at radius 2 is 1.86 bits per heavy atom. The number of amides is 1. The molecule has 0 spiro atoms. The Hall–Kier alpha value is -2.53. The molecule has 2 aromatic rings. The molecule has 0 radical (unpaired) electrons. The quantitative estimate of drug-likeness (QED) is 0.840. The third-order valence-corrected chi connectivity index (χ3v) is 5.74. The smallest absolute Gasteiger partial charge is 0.251 e. The molecular formula is C23H30N4O. The number of hydrogen-bond acceptors (Lipinski definition) is 4. The van der Waals surface area contributed by atoms with Crippen LogP contribution in [0.1, 0.15) is 29.3 Å². The van der Waals surface area contributed by atoms with E-state index in [2.05, 4.69) is 63.8 Å². The number of anilines is 2. The summed E-state index contributed by atoms with van der Waals surface area (Å²) in [4.78, 5) is 17.7. The first-order valence-corrected chi connectivity index (χ1v) is 10.4. The van der Waals surface area contributed by atoms with Crippen molar-refractivity contribution in [3.63, 3.8) is 0 Å². The predicted octanol–water partition coefficient (Wildman–Crippen LogP) is 2.99. The molecular weight excluding hydrogens is 348 g/mol. The number of piperazine rings is 1. The van der Waals surface area contributed by atoms with Crippen LogP contribution in [0.4, 0.5) is 11.4 Å². The van der Waals surface area contributed by atoms with Gasteiger partial charge in [-0.1, -0.05) is 24.3 Å². The van der Waals surface area contributed by atoms with E-state index in [4.69, 9.17) is 0 Å². The van der Waals surface area contributed by atoms with Gasteiger partial charge in [0.15, 0.2) is 0 Å². The number of fused-ring (bicyclic) bond motifs is 1. The Morgan fingerprint density at radius 3 is 2.64 bits per heavy atom. The Bertz CT molecular complexity index is 800. The van der Waals surface area contributed by atoms with Gasteiger partial charge in [-0.05, 0) is 49.6 Å². The van der Waals surface area contributed by atoms with Gasteiger partial charge in [0.05, 0.1) is 0 Å². The molecule has 0 saturated carbocycles. The predicted molar refractivity (Wildman–Crippen MR) is 115 cm³/mol. The SMILES string of the molecule is CC(CN1CCN(c2ccccc2)CC1)NC(=O)c1cccc2c1CCCN2. The first kappa shape index (κ1) is 18.8. The number of hydrogen-bond donors (Lipinski definition) is 2. The van der Waals surface area contributed by atoms with Gasteiger partial charge in [0, 0.05) is 62.2 Å². The largest absolute Gasteiger partial charge is 0.385 e. The van der Waals surface area contributed by atoms with Crippen LogP contribution in [0.3, 0.4) is 0 Å². The van der Waals surface area contributed by atoms with Gasteiger partial charge in [0.2, 0.25) is 0 Å². The van der Waals surface area contributed by atoms with E-state index in [-0.39, 0.29) is 11.9 Å². The minimum atomic E-state index is 0.0518. The van der Waals surface area contributed by atoms with Crippen molar-refractivity contribution in [2.45, 2.75) is 25.8 Å². The van der Waals surface area contributed by atoms with Gasteiger partial charge in [-0.3, -0.25) is 9.69 Å². The molecule has 2 aromatic carbocycles. The fourth-order valence-corrected chi connectivity index (χ4v) is 4.28. The van der Waals surface area contributed by atoms with Crippen molar-refractivity contribution in [3.05, 3.63) is 59.7 Å². The molecule has 0 aromatic heterocycles. The number of nitrogens with one attached hydrogen (secondary N) is 2. The number of benzene rings is 2. The summed E-state index contributed by atoms with van der Waals surface area (Å²) in [5.41, 5.74) is 4.40. The Kier molecular flexibility index (Phi) is 5.81. The highest BCUT2D eigenvalue weighted by Gasteiger charge is 2.21. The van der Waals surface area contributed by atoms with Crippen LogP contribution >= 0.6 is 0 Å². The summed E-state index contributed by atoms with van der Waals surface area (Å²) in [7, 11) is 0. The van der Waals surface area contributed by atoms with Crippen molar-refractivity contribution in [3.8, 4) is 0 Å². The number of rotatable bonds is 5. The summed E-state index contributed by atoms with van der Waals surface area (Å²) in [6, 6.07) is 16.7. The molecule has 2 N–H and O–H groups in total. The second kappa shape index (κ2) is 8.65. The highest BCUT2D eigenvalue weighted by atomic mass is 16.1. The zero-order valence-corrected chi connectivity index (χ0v) is 16.7. The molecule has 2 aliphatic heterocycles. The maximum absolute atomic E-state index is 12.8. The van der Waals surface area contributed by atoms with Crippen LogP contribution in [-0.4, -0.2) is 56.1 Å². The van der Waals surface area contributed by atoms with Crippen LogP contribution < -0.4 is 15.5 Å². The summed E-state index contributed by atoms with van der Waals surface area (Å²) in [6.07, 6.45) is 2.06. The standard InChI is InChI=1S/C23H30N4O/c1-18(17-26-13-15-27(16-14-26)19-7-3-2-4-8-19)25-23(28)21-9-5-11-22-20(21)10-6-12-24-22/h2-5,7-9,11,18,24H,6,10,12-17H2,1H3,(H,25,28). The summed E-state index contributed by atoms with van der Waals surface area (Å²) in [5, 5.41) is 6.62. The molecule has 1 amide bonds. The molecule has 1 fully saturated rings. The fraction of sp³-hybridized carbons (Fsp3) is 0.435. The lowest BCUT2D eigenvalue weighted by Crippen LogP contribution is -2.51. The van der Waals surface area contributed by atoms with Crippen molar-refractivity contribution in [1.82, 2.24) is 10.2 Å². The second-order valence-electron chi connectivity index (χ2n) is 7.86. The lowest BCUT2D eigenvalue weighted by Gasteiger charge is -2.37. The van der Waals surface area contributed by atoms with E-state index < -0.39 is 0 Å². The van der Waals surface area contributed by atoms with Crippen molar-refractivity contribution < 1.29 is 4.79 Å². The van der Waals surface area contributed by atoms with Gasteiger partial charge < -0.3 is 15.5 Å². The normalized spacial score (nSPS) is 18.1. The molecule has 2 aliphatic rings. The minimum Gasteiger partial charge on any atom is -0.385 e. The van der Waals surface area contributed by atoms with Crippen LogP contribution in [0.15, 0.2) is 48.5 Å². The molecule has 5 nitrogen and oxygen atoms in total. The third-order valence-electron chi connectivity index (χ3n) is 5.74. The van der Waals surface area contributed by atoms with E-state index in [0.717, 1.165) is 68.9 Å². The van der Waals surface area contributed by atoms with Crippen molar-refractivity contribution in [2.75, 3.05) is 49.5 Å². The van der Waals surface area contributed by atoms with Crippen LogP contribution in [-0.2, 0) is 6.42 Å². The molecule has 1 atom stereocenters. The van der Waals surface area contributed by atoms with Crippen LogP contribution in [0.2, 0.25) is 0 Å². The Balaban J connectivity index is 1.29. The average Bonchev–Trinajstić information content (AvgIpc) is 2.74. The first-order chi connectivity index (χ1) is 13.7. The maximum atomic E-state index is 12.8. The molecule has 0 aliphatic carbocycles. The topological polar surface area (TPSA) is 47.6 Å². The molecule has 28 heavy (non-hydrogen) atoms.